The van der Waals surface area contributed by atoms with E-state index in [-0.39, 0.29) is 23.1 Å². The number of aromatic amines is 1. The van der Waals surface area contributed by atoms with Gasteiger partial charge in [0.1, 0.15) is 5.52 Å². The molecule has 0 bridgehead atoms. The Morgan fingerprint density at radius 2 is 1.86 bits per heavy atom. The Labute approximate surface area is 170 Å². The largest absolute Gasteiger partial charge is 0.344 e. The van der Waals surface area contributed by atoms with Crippen LogP contribution in [0.5, 0.6) is 0 Å². The zero-order valence-electron chi connectivity index (χ0n) is 15.5. The molecule has 7 nitrogen and oxygen atoms in total. The number of amides is 1. The zero-order valence-corrected chi connectivity index (χ0v) is 16.2. The summed E-state index contributed by atoms with van der Waals surface area (Å²) in [4.78, 5) is 41.0. The number of benzene rings is 2. The molecule has 0 saturated heterocycles. The molecular weight excluding hydrogens is 392 g/mol. The van der Waals surface area contributed by atoms with E-state index in [2.05, 4.69) is 10.3 Å². The summed E-state index contributed by atoms with van der Waals surface area (Å²) in [6, 6.07) is 15.9. The van der Waals surface area contributed by atoms with E-state index in [4.69, 9.17) is 11.6 Å². The third kappa shape index (κ3) is 3.60. The molecule has 0 radical (unpaired) electrons. The third-order valence-electron chi connectivity index (χ3n) is 4.62. The first-order chi connectivity index (χ1) is 13.9. The Balaban J connectivity index is 1.77. The maximum atomic E-state index is 13.0. The van der Waals surface area contributed by atoms with Gasteiger partial charge in [-0.2, -0.15) is 0 Å². The first kappa shape index (κ1) is 18.8. The molecule has 8 heteroatoms. The van der Waals surface area contributed by atoms with Crippen molar-refractivity contribution in [3.05, 3.63) is 97.8 Å². The normalized spacial score (nSPS) is 11.0. The highest BCUT2D eigenvalue weighted by Crippen LogP contribution is 2.19. The van der Waals surface area contributed by atoms with Gasteiger partial charge in [-0.1, -0.05) is 48.0 Å². The Hall–Kier alpha value is -3.58. The molecular formula is C21H17ClN4O3. The van der Waals surface area contributed by atoms with Crippen LogP contribution in [-0.2, 0) is 13.6 Å². The molecule has 0 aliphatic heterocycles. The van der Waals surface area contributed by atoms with Crippen LogP contribution >= 0.6 is 11.6 Å². The minimum Gasteiger partial charge on any atom is -0.344 e. The van der Waals surface area contributed by atoms with Gasteiger partial charge < -0.3 is 14.9 Å². The Morgan fingerprint density at radius 1 is 1.10 bits per heavy atom. The molecule has 0 atom stereocenters. The van der Waals surface area contributed by atoms with E-state index in [1.807, 2.05) is 30.3 Å². The lowest BCUT2D eigenvalue weighted by molar-refractivity contribution is 0.102. The lowest BCUT2D eigenvalue weighted by Crippen LogP contribution is -2.36. The summed E-state index contributed by atoms with van der Waals surface area (Å²) in [5.74, 6) is -0.450. The molecule has 0 fully saturated rings. The predicted molar refractivity (Wildman–Crippen MR) is 113 cm³/mol. The lowest BCUT2D eigenvalue weighted by atomic mass is 10.2. The fourth-order valence-electron chi connectivity index (χ4n) is 3.25. The number of fused-ring (bicyclic) bond motifs is 1. The van der Waals surface area contributed by atoms with Crippen molar-refractivity contribution in [3.8, 4) is 0 Å². The highest BCUT2D eigenvalue weighted by molar-refractivity contribution is 6.31. The Kier molecular flexibility index (Phi) is 4.82. The van der Waals surface area contributed by atoms with Crippen LogP contribution in [0.1, 0.15) is 15.9 Å². The highest BCUT2D eigenvalue weighted by atomic mass is 35.5. The molecule has 29 heavy (non-hydrogen) atoms. The molecule has 0 unspecified atom stereocenters. The predicted octanol–water partition coefficient (Wildman–Crippen LogP) is 2.98. The van der Waals surface area contributed by atoms with Gasteiger partial charge in [0.2, 0.25) is 0 Å². The van der Waals surface area contributed by atoms with Crippen molar-refractivity contribution in [2.24, 2.45) is 7.05 Å². The van der Waals surface area contributed by atoms with E-state index in [0.29, 0.717) is 10.7 Å². The summed E-state index contributed by atoms with van der Waals surface area (Å²) < 4.78 is 2.66. The summed E-state index contributed by atoms with van der Waals surface area (Å²) >= 11 is 5.95. The van der Waals surface area contributed by atoms with E-state index in [0.717, 1.165) is 10.1 Å². The lowest BCUT2D eigenvalue weighted by Gasteiger charge is -2.07. The minimum absolute atomic E-state index is 0.139. The van der Waals surface area contributed by atoms with Crippen molar-refractivity contribution in [2.75, 3.05) is 5.32 Å². The van der Waals surface area contributed by atoms with E-state index >= 15 is 0 Å². The van der Waals surface area contributed by atoms with Crippen molar-refractivity contribution in [1.29, 1.82) is 0 Å². The van der Waals surface area contributed by atoms with Crippen LogP contribution in [-0.4, -0.2) is 20.0 Å². The molecule has 2 N–H and O–H groups in total. The van der Waals surface area contributed by atoms with E-state index in [9.17, 15) is 14.4 Å². The van der Waals surface area contributed by atoms with Gasteiger partial charge >= 0.3 is 5.69 Å². The Morgan fingerprint density at radius 3 is 2.59 bits per heavy atom. The minimum atomic E-state index is -0.575. The van der Waals surface area contributed by atoms with Gasteiger partial charge in [-0.15, -0.1) is 0 Å². The Bertz CT molecular complexity index is 1340. The second-order valence-corrected chi connectivity index (χ2v) is 7.09. The van der Waals surface area contributed by atoms with Gasteiger partial charge in [-0.05, 0) is 23.8 Å². The smallest absolute Gasteiger partial charge is 0.329 e. The standard InChI is InChI=1S/C21H17ClN4O3/c1-25-12-16(19(27)23-15-9-5-8-14(22)10-15)17-18(25)20(28)26(21(29)24-17)11-13-6-3-2-4-7-13/h2-10,12H,11H2,1H3,(H,23,27)(H,24,29). The molecule has 146 valence electrons. The summed E-state index contributed by atoms with van der Waals surface area (Å²) in [5, 5.41) is 3.21. The molecule has 1 amide bonds. The number of nitrogens with one attached hydrogen (secondary N) is 2. The van der Waals surface area contributed by atoms with Gasteiger partial charge in [0.05, 0.1) is 17.6 Å². The van der Waals surface area contributed by atoms with Crippen molar-refractivity contribution in [1.82, 2.24) is 14.1 Å². The van der Waals surface area contributed by atoms with Gasteiger partial charge in [-0.25, -0.2) is 4.79 Å². The topological polar surface area (TPSA) is 88.9 Å². The number of hydrogen-bond acceptors (Lipinski definition) is 3. The van der Waals surface area contributed by atoms with Crippen LogP contribution in [0, 0.1) is 0 Å². The number of hydrogen-bond donors (Lipinski definition) is 2. The first-order valence-corrected chi connectivity index (χ1v) is 9.25. The highest BCUT2D eigenvalue weighted by Gasteiger charge is 2.20. The molecule has 0 saturated carbocycles. The van der Waals surface area contributed by atoms with E-state index in [1.165, 1.54) is 6.20 Å². The number of H-pyrrole nitrogens is 1. The third-order valence-corrected chi connectivity index (χ3v) is 4.85. The number of anilines is 1. The maximum Gasteiger partial charge on any atom is 0.329 e. The van der Waals surface area contributed by atoms with Crippen LogP contribution in [0.15, 0.2) is 70.4 Å². The quantitative estimate of drug-likeness (QED) is 0.544. The monoisotopic (exact) mass is 408 g/mol. The fourth-order valence-corrected chi connectivity index (χ4v) is 3.44. The maximum absolute atomic E-state index is 13.0. The molecule has 2 aromatic carbocycles. The molecule has 4 aromatic rings. The second kappa shape index (κ2) is 7.44. The molecule has 2 aromatic heterocycles. The van der Waals surface area contributed by atoms with Crippen molar-refractivity contribution in [3.63, 3.8) is 0 Å². The zero-order chi connectivity index (χ0) is 20.5. The summed E-state index contributed by atoms with van der Waals surface area (Å²) in [7, 11) is 1.66. The van der Waals surface area contributed by atoms with Crippen LogP contribution in [0.2, 0.25) is 5.02 Å². The number of rotatable bonds is 4. The number of aryl methyl sites for hydroxylation is 1. The summed E-state index contributed by atoms with van der Waals surface area (Å²) in [6.45, 7) is 0.139. The van der Waals surface area contributed by atoms with Crippen molar-refractivity contribution in [2.45, 2.75) is 6.54 Å². The number of aromatic nitrogens is 3. The van der Waals surface area contributed by atoms with E-state index in [1.54, 1.807) is 35.9 Å². The fraction of sp³-hybridized carbons (Fsp3) is 0.0952. The number of nitrogens with zero attached hydrogens (tertiary/aromatic N) is 2. The summed E-state index contributed by atoms with van der Waals surface area (Å²) in [5.41, 5.74) is 0.949. The van der Waals surface area contributed by atoms with Crippen LogP contribution < -0.4 is 16.6 Å². The average Bonchev–Trinajstić information content (AvgIpc) is 3.02. The molecule has 0 aliphatic rings. The van der Waals surface area contributed by atoms with Gasteiger partial charge in [0.25, 0.3) is 11.5 Å². The SMILES string of the molecule is Cn1cc(C(=O)Nc2cccc(Cl)c2)c2[nH]c(=O)n(Cc3ccccc3)c(=O)c21. The van der Waals surface area contributed by atoms with E-state index < -0.39 is 17.2 Å². The second-order valence-electron chi connectivity index (χ2n) is 6.65. The average molecular weight is 409 g/mol. The van der Waals surface area contributed by atoms with Crippen LogP contribution in [0.25, 0.3) is 11.0 Å². The van der Waals surface area contributed by atoms with Crippen LogP contribution in [0.4, 0.5) is 5.69 Å². The van der Waals surface area contributed by atoms with Gasteiger partial charge in [0.15, 0.2) is 0 Å². The number of halogens is 1. The van der Waals surface area contributed by atoms with Crippen molar-refractivity contribution >= 4 is 34.2 Å². The van der Waals surface area contributed by atoms with Gasteiger partial charge in [-0.3, -0.25) is 14.2 Å². The number of carbonyl (C=O) groups is 1. The van der Waals surface area contributed by atoms with Crippen LogP contribution in [0.3, 0.4) is 0 Å². The molecule has 4 rings (SSSR count). The summed E-state index contributed by atoms with van der Waals surface area (Å²) in [6.07, 6.45) is 1.52. The molecule has 0 aliphatic carbocycles. The van der Waals surface area contributed by atoms with Gasteiger partial charge in [0, 0.05) is 24.0 Å². The van der Waals surface area contributed by atoms with Crippen molar-refractivity contribution < 1.29 is 4.79 Å². The number of carbonyl (C=O) groups excluding carboxylic acids is 1. The molecule has 0 spiro atoms. The molecule has 2 heterocycles. The first-order valence-electron chi connectivity index (χ1n) is 8.87.